The molecule has 5 rings (SSSR count). The SMILES string of the molecule is CCCN(C(=O)c1nnc[nH]1)[C@H](CC)CCc1nc2c(-c3ccc(-c4ncn(C)n4)nc3)cnn2c(N)c1C(C)=O. The fourth-order valence-corrected chi connectivity index (χ4v) is 4.99. The fraction of sp³-hybridized carbons (Fsp3) is 0.370. The van der Waals surface area contributed by atoms with Crippen molar-refractivity contribution in [1.29, 1.82) is 0 Å². The Morgan fingerprint density at radius 2 is 2.00 bits per heavy atom. The van der Waals surface area contributed by atoms with E-state index in [4.69, 9.17) is 10.7 Å². The molecule has 1 atom stereocenters. The Morgan fingerprint density at radius 3 is 2.61 bits per heavy atom. The molecule has 3 N–H and O–H groups in total. The number of nitrogens with zero attached hydrogens (tertiary/aromatic N) is 10. The van der Waals surface area contributed by atoms with Crippen LogP contribution >= 0.6 is 0 Å². The monoisotopic (exact) mass is 556 g/mol. The number of rotatable bonds is 11. The van der Waals surface area contributed by atoms with Gasteiger partial charge in [0.1, 0.15) is 24.2 Å². The third-order valence-electron chi connectivity index (χ3n) is 6.98. The number of pyridine rings is 1. The molecule has 0 aliphatic rings. The number of aromatic nitrogens is 10. The maximum Gasteiger partial charge on any atom is 0.291 e. The third kappa shape index (κ3) is 5.40. The normalized spacial score (nSPS) is 12.1. The largest absolute Gasteiger partial charge is 0.383 e. The highest BCUT2D eigenvalue weighted by Gasteiger charge is 2.27. The molecular weight excluding hydrogens is 524 g/mol. The second kappa shape index (κ2) is 11.6. The number of carbonyl (C=O) groups is 2. The topological polar surface area (TPSA) is 179 Å². The lowest BCUT2D eigenvalue weighted by Gasteiger charge is -2.30. The van der Waals surface area contributed by atoms with Gasteiger partial charge in [0.2, 0.25) is 5.82 Å². The molecule has 41 heavy (non-hydrogen) atoms. The number of anilines is 1. The smallest absolute Gasteiger partial charge is 0.291 e. The van der Waals surface area contributed by atoms with Crippen molar-refractivity contribution in [2.75, 3.05) is 12.3 Å². The lowest BCUT2D eigenvalue weighted by Crippen LogP contribution is -2.41. The van der Waals surface area contributed by atoms with Gasteiger partial charge < -0.3 is 15.6 Å². The van der Waals surface area contributed by atoms with E-state index >= 15 is 0 Å². The summed E-state index contributed by atoms with van der Waals surface area (Å²) in [6.07, 6.45) is 8.90. The van der Waals surface area contributed by atoms with Crippen LogP contribution in [0.25, 0.3) is 28.3 Å². The molecule has 0 aliphatic carbocycles. The lowest BCUT2D eigenvalue weighted by atomic mass is 10.0. The second-order valence-corrected chi connectivity index (χ2v) is 9.78. The van der Waals surface area contributed by atoms with E-state index in [1.807, 2.05) is 30.9 Å². The Kier molecular flexibility index (Phi) is 7.81. The molecule has 0 bridgehead atoms. The number of nitrogens with two attached hydrogens (primary N) is 1. The summed E-state index contributed by atoms with van der Waals surface area (Å²) in [4.78, 5) is 44.2. The van der Waals surface area contributed by atoms with Gasteiger partial charge >= 0.3 is 0 Å². The number of H-pyrrole nitrogens is 1. The maximum absolute atomic E-state index is 13.2. The summed E-state index contributed by atoms with van der Waals surface area (Å²) in [5.41, 5.74) is 10.1. The first-order valence-corrected chi connectivity index (χ1v) is 13.5. The zero-order valence-corrected chi connectivity index (χ0v) is 23.4. The molecule has 212 valence electrons. The highest BCUT2D eigenvalue weighted by Crippen LogP contribution is 2.29. The minimum Gasteiger partial charge on any atom is -0.383 e. The molecule has 5 aromatic heterocycles. The molecule has 0 radical (unpaired) electrons. The van der Waals surface area contributed by atoms with E-state index in [1.165, 1.54) is 17.8 Å². The van der Waals surface area contributed by atoms with Gasteiger partial charge in [-0.2, -0.15) is 9.61 Å². The van der Waals surface area contributed by atoms with E-state index in [0.717, 1.165) is 17.5 Å². The zero-order valence-electron chi connectivity index (χ0n) is 23.4. The molecule has 0 aliphatic heterocycles. The minimum absolute atomic E-state index is 0.104. The number of Topliss-reactive ketones (excluding diaryl/α,β-unsaturated/α-hetero) is 1. The first-order valence-electron chi connectivity index (χ1n) is 13.5. The van der Waals surface area contributed by atoms with Crippen LogP contribution in [-0.2, 0) is 13.5 Å². The van der Waals surface area contributed by atoms with Crippen LogP contribution in [0.5, 0.6) is 0 Å². The lowest BCUT2D eigenvalue weighted by molar-refractivity contribution is 0.0650. The minimum atomic E-state index is -0.208. The number of amides is 1. The number of nitrogen functional groups attached to an aromatic ring is 1. The number of fused-ring (bicyclic) bond motifs is 1. The summed E-state index contributed by atoms with van der Waals surface area (Å²) in [6.45, 7) is 6.09. The van der Waals surface area contributed by atoms with E-state index in [1.54, 1.807) is 30.5 Å². The number of hydrogen-bond donors (Lipinski definition) is 2. The van der Waals surface area contributed by atoms with Gasteiger partial charge in [-0.1, -0.05) is 19.9 Å². The first kappa shape index (κ1) is 27.6. The summed E-state index contributed by atoms with van der Waals surface area (Å²) in [5, 5.41) is 16.4. The standard InChI is InChI=1S/C27H32N12O2/c1-5-11-38(27(41)25-30-14-32-35-25)18(6-2)8-10-20-22(16(3)40)23(28)39-26(34-20)19(13-33-39)17-7-9-21(29-12-17)24-31-15-37(4)36-24/h7,9,12-15,18H,5-6,8,10-11,28H2,1-4H3,(H,30,32,35)/t18-/m1/s1. The average Bonchev–Trinajstić information content (AvgIpc) is 3.74. The first-order chi connectivity index (χ1) is 19.8. The molecule has 14 nitrogen and oxygen atoms in total. The van der Waals surface area contributed by atoms with Crippen molar-refractivity contribution in [3.63, 3.8) is 0 Å². The molecule has 0 saturated carbocycles. The van der Waals surface area contributed by atoms with E-state index in [0.29, 0.717) is 54.2 Å². The van der Waals surface area contributed by atoms with Crippen LogP contribution in [0.2, 0.25) is 0 Å². The van der Waals surface area contributed by atoms with E-state index < -0.39 is 0 Å². The summed E-state index contributed by atoms with van der Waals surface area (Å²) in [7, 11) is 1.80. The van der Waals surface area contributed by atoms with Crippen LogP contribution in [0.4, 0.5) is 5.82 Å². The quantitative estimate of drug-likeness (QED) is 0.230. The van der Waals surface area contributed by atoms with Gasteiger partial charge in [0.05, 0.1) is 17.5 Å². The highest BCUT2D eigenvalue weighted by molar-refractivity contribution is 6.00. The van der Waals surface area contributed by atoms with Crippen LogP contribution in [0.1, 0.15) is 66.7 Å². The molecule has 5 aromatic rings. The summed E-state index contributed by atoms with van der Waals surface area (Å²) >= 11 is 0. The van der Waals surface area contributed by atoms with Crippen LogP contribution in [0.15, 0.2) is 37.2 Å². The summed E-state index contributed by atoms with van der Waals surface area (Å²) in [6, 6.07) is 3.63. The molecule has 1 amide bonds. The third-order valence-corrected chi connectivity index (χ3v) is 6.98. The van der Waals surface area contributed by atoms with Crippen molar-refractivity contribution in [1.82, 2.24) is 54.4 Å². The van der Waals surface area contributed by atoms with Gasteiger partial charge in [-0.25, -0.2) is 9.97 Å². The number of ketones is 1. The van der Waals surface area contributed by atoms with Crippen molar-refractivity contribution in [3.05, 3.63) is 54.3 Å². The van der Waals surface area contributed by atoms with Crippen LogP contribution in [0, 0.1) is 0 Å². The molecule has 0 aromatic carbocycles. The van der Waals surface area contributed by atoms with E-state index in [9.17, 15) is 9.59 Å². The summed E-state index contributed by atoms with van der Waals surface area (Å²) in [5.74, 6) is 0.545. The fourth-order valence-electron chi connectivity index (χ4n) is 4.99. The van der Waals surface area contributed by atoms with Crippen molar-refractivity contribution in [2.45, 2.75) is 52.5 Å². The van der Waals surface area contributed by atoms with Crippen LogP contribution in [-0.4, -0.2) is 78.7 Å². The summed E-state index contributed by atoms with van der Waals surface area (Å²) < 4.78 is 3.10. The Morgan fingerprint density at radius 1 is 1.17 bits per heavy atom. The van der Waals surface area contributed by atoms with Crippen molar-refractivity contribution in [3.8, 4) is 22.6 Å². The number of nitrogens with one attached hydrogen (secondary N) is 1. The second-order valence-electron chi connectivity index (χ2n) is 9.78. The van der Waals surface area contributed by atoms with Gasteiger partial charge in [0.15, 0.2) is 17.3 Å². The molecule has 0 unspecified atom stereocenters. The predicted octanol–water partition coefficient (Wildman–Crippen LogP) is 2.75. The number of hydrogen-bond acceptors (Lipinski definition) is 10. The van der Waals surface area contributed by atoms with E-state index in [2.05, 4.69) is 35.3 Å². The van der Waals surface area contributed by atoms with Crippen LogP contribution < -0.4 is 5.73 Å². The molecule has 14 heteroatoms. The van der Waals surface area contributed by atoms with Gasteiger partial charge in [0.25, 0.3) is 5.91 Å². The maximum atomic E-state index is 13.2. The number of aromatic amines is 1. The average molecular weight is 557 g/mol. The molecular formula is C27H32N12O2. The Labute approximate surface area is 236 Å². The number of aryl methyl sites for hydroxylation is 2. The Hall–Kier alpha value is -5.01. The molecule has 5 heterocycles. The zero-order chi connectivity index (χ0) is 29.1. The van der Waals surface area contributed by atoms with Crippen LogP contribution in [0.3, 0.4) is 0 Å². The Balaban J connectivity index is 1.47. The molecule has 0 fully saturated rings. The van der Waals surface area contributed by atoms with Gasteiger partial charge in [-0.05, 0) is 38.7 Å². The van der Waals surface area contributed by atoms with Gasteiger partial charge in [-0.3, -0.25) is 19.3 Å². The highest BCUT2D eigenvalue weighted by atomic mass is 16.2. The van der Waals surface area contributed by atoms with E-state index in [-0.39, 0.29) is 29.4 Å². The van der Waals surface area contributed by atoms with Crippen molar-refractivity contribution < 1.29 is 9.59 Å². The number of carbonyl (C=O) groups excluding carboxylic acids is 2. The molecule has 0 saturated heterocycles. The predicted molar refractivity (Wildman–Crippen MR) is 151 cm³/mol. The Bertz CT molecular complexity index is 1670. The van der Waals surface area contributed by atoms with Crippen molar-refractivity contribution >= 4 is 23.2 Å². The van der Waals surface area contributed by atoms with Gasteiger partial charge in [-0.15, -0.1) is 15.3 Å². The van der Waals surface area contributed by atoms with Crippen molar-refractivity contribution in [2.24, 2.45) is 7.05 Å². The van der Waals surface area contributed by atoms with Gasteiger partial charge in [0, 0.05) is 37.0 Å². The molecule has 0 spiro atoms.